The Kier molecular flexibility index (Phi) is 5.46. The second-order valence-electron chi connectivity index (χ2n) is 6.20. The van der Waals surface area contributed by atoms with Gasteiger partial charge in [-0.25, -0.2) is 9.37 Å². The number of amides is 1. The van der Waals surface area contributed by atoms with E-state index in [4.69, 9.17) is 10.5 Å². The van der Waals surface area contributed by atoms with Gasteiger partial charge in [-0.3, -0.25) is 4.79 Å². The number of nitrogens with two attached hydrogens (primary N) is 1. The molecule has 3 rings (SSSR count). The second-order valence-corrected chi connectivity index (χ2v) is 7.41. The van der Waals surface area contributed by atoms with Gasteiger partial charge >= 0.3 is 0 Å². The molecule has 25 heavy (non-hydrogen) atoms. The third-order valence-electron chi connectivity index (χ3n) is 4.55. The molecule has 1 amide bonds. The van der Waals surface area contributed by atoms with Crippen molar-refractivity contribution in [1.82, 2.24) is 9.88 Å². The first-order chi connectivity index (χ1) is 12.0. The van der Waals surface area contributed by atoms with Crippen LogP contribution in [0.3, 0.4) is 0 Å². The topological polar surface area (TPSA) is 68.5 Å². The molecule has 1 aliphatic rings. The summed E-state index contributed by atoms with van der Waals surface area (Å²) in [6.07, 6.45) is 1.69. The number of methoxy groups -OCH3 is 1. The lowest BCUT2D eigenvalue weighted by molar-refractivity contribution is 0.00891. The zero-order chi connectivity index (χ0) is 18.0. The number of nitrogens with zero attached hydrogens (tertiary/aromatic N) is 2. The van der Waals surface area contributed by atoms with Gasteiger partial charge in [-0.05, 0) is 37.5 Å². The van der Waals surface area contributed by atoms with E-state index in [-0.39, 0.29) is 23.9 Å². The molecule has 134 valence electrons. The highest BCUT2D eigenvalue weighted by Crippen LogP contribution is 2.32. The van der Waals surface area contributed by atoms with E-state index in [0.717, 1.165) is 17.8 Å². The molecule has 2 heterocycles. The lowest BCUT2D eigenvalue weighted by Gasteiger charge is -2.38. The molecule has 5 nitrogen and oxygen atoms in total. The first kappa shape index (κ1) is 18.0. The Morgan fingerprint density at radius 3 is 2.96 bits per heavy atom. The third-order valence-corrected chi connectivity index (χ3v) is 5.57. The number of rotatable bonds is 4. The molecule has 0 radical (unpaired) electrons. The molecule has 1 aromatic carbocycles. The van der Waals surface area contributed by atoms with Crippen LogP contribution in [0.4, 0.5) is 4.39 Å². The highest BCUT2D eigenvalue weighted by Gasteiger charge is 2.33. The average molecular weight is 363 g/mol. The van der Waals surface area contributed by atoms with E-state index < -0.39 is 0 Å². The molecule has 2 N–H and O–H groups in total. The van der Waals surface area contributed by atoms with Gasteiger partial charge in [-0.1, -0.05) is 12.1 Å². The summed E-state index contributed by atoms with van der Waals surface area (Å²) in [5.41, 5.74) is 6.90. The normalized spacial score (nSPS) is 20.7. The lowest BCUT2D eigenvalue weighted by atomic mass is 9.99. The van der Waals surface area contributed by atoms with Crippen molar-refractivity contribution in [2.75, 3.05) is 20.2 Å². The molecule has 1 saturated heterocycles. The summed E-state index contributed by atoms with van der Waals surface area (Å²) in [5.74, 6) is -0.500. The van der Waals surface area contributed by atoms with Crippen LogP contribution < -0.4 is 5.73 Å². The minimum atomic E-state index is -0.334. The number of hydrogen-bond donors (Lipinski definition) is 1. The molecule has 0 spiro atoms. The van der Waals surface area contributed by atoms with E-state index in [1.165, 1.54) is 23.5 Å². The fourth-order valence-corrected chi connectivity index (χ4v) is 4.12. The van der Waals surface area contributed by atoms with Crippen LogP contribution in [0, 0.1) is 12.7 Å². The number of aromatic nitrogens is 1. The average Bonchev–Trinajstić information content (AvgIpc) is 3.02. The van der Waals surface area contributed by atoms with Crippen molar-refractivity contribution in [3.63, 3.8) is 0 Å². The Hall–Kier alpha value is -1.83. The van der Waals surface area contributed by atoms with Crippen LogP contribution in [0.2, 0.25) is 0 Å². The van der Waals surface area contributed by atoms with Gasteiger partial charge in [0, 0.05) is 26.2 Å². The standard InChI is InChI=1S/C18H22FN3O2S/c1-11-21-16(17(25-11)12-4-3-5-13(19)8-12)18(23)22-10-15(24-2)7-6-14(22)9-20/h3-5,8,14-15H,6-7,9-10,20H2,1-2H3. The van der Waals surface area contributed by atoms with Gasteiger partial charge in [-0.2, -0.15) is 0 Å². The fourth-order valence-electron chi connectivity index (χ4n) is 3.21. The number of ether oxygens (including phenoxy) is 1. The van der Waals surface area contributed by atoms with Crippen LogP contribution in [-0.2, 0) is 4.74 Å². The zero-order valence-corrected chi connectivity index (χ0v) is 15.2. The predicted octanol–water partition coefficient (Wildman–Crippen LogP) is 2.84. The van der Waals surface area contributed by atoms with Crippen LogP contribution in [-0.4, -0.2) is 48.1 Å². The molecule has 1 aromatic heterocycles. The molecule has 7 heteroatoms. The van der Waals surface area contributed by atoms with Crippen molar-refractivity contribution in [3.05, 3.63) is 40.8 Å². The number of likely N-dealkylation sites (tertiary alicyclic amines) is 1. The van der Waals surface area contributed by atoms with Crippen molar-refractivity contribution in [1.29, 1.82) is 0 Å². The summed E-state index contributed by atoms with van der Waals surface area (Å²) < 4.78 is 19.1. The Morgan fingerprint density at radius 2 is 2.28 bits per heavy atom. The van der Waals surface area contributed by atoms with E-state index in [1.54, 1.807) is 24.1 Å². The molecular formula is C18H22FN3O2S. The quantitative estimate of drug-likeness (QED) is 0.907. The highest BCUT2D eigenvalue weighted by molar-refractivity contribution is 7.15. The summed E-state index contributed by atoms with van der Waals surface area (Å²) >= 11 is 1.40. The number of hydrogen-bond acceptors (Lipinski definition) is 5. The SMILES string of the molecule is COC1CCC(CN)N(C(=O)c2nc(C)sc2-c2cccc(F)c2)C1. The van der Waals surface area contributed by atoms with E-state index in [1.807, 2.05) is 6.92 Å². The summed E-state index contributed by atoms with van der Waals surface area (Å²) in [4.78, 5) is 20.1. The van der Waals surface area contributed by atoms with Gasteiger partial charge < -0.3 is 15.4 Å². The number of aryl methyl sites for hydroxylation is 1. The minimum Gasteiger partial charge on any atom is -0.380 e. The number of thiazole rings is 1. The molecule has 0 saturated carbocycles. The smallest absolute Gasteiger partial charge is 0.274 e. The molecule has 0 aliphatic carbocycles. The Balaban J connectivity index is 1.96. The van der Waals surface area contributed by atoms with Crippen LogP contribution in [0.25, 0.3) is 10.4 Å². The van der Waals surface area contributed by atoms with Crippen LogP contribution in [0.15, 0.2) is 24.3 Å². The molecule has 1 aliphatic heterocycles. The predicted molar refractivity (Wildman–Crippen MR) is 96.2 cm³/mol. The molecule has 2 aromatic rings. The maximum atomic E-state index is 13.6. The van der Waals surface area contributed by atoms with E-state index in [9.17, 15) is 9.18 Å². The maximum Gasteiger partial charge on any atom is 0.274 e. The van der Waals surface area contributed by atoms with Crippen LogP contribution in [0.1, 0.15) is 28.3 Å². The van der Waals surface area contributed by atoms with E-state index >= 15 is 0 Å². The second kappa shape index (κ2) is 7.59. The first-order valence-corrected chi connectivity index (χ1v) is 9.12. The van der Waals surface area contributed by atoms with Crippen molar-refractivity contribution in [2.24, 2.45) is 5.73 Å². The van der Waals surface area contributed by atoms with E-state index in [2.05, 4.69) is 4.98 Å². The van der Waals surface area contributed by atoms with Crippen molar-refractivity contribution < 1.29 is 13.9 Å². The largest absolute Gasteiger partial charge is 0.380 e. The first-order valence-electron chi connectivity index (χ1n) is 8.30. The van der Waals surface area contributed by atoms with Gasteiger partial charge in [0.2, 0.25) is 0 Å². The number of halogens is 1. The molecule has 2 atom stereocenters. The summed E-state index contributed by atoms with van der Waals surface area (Å²) in [6, 6.07) is 6.22. The van der Waals surface area contributed by atoms with Gasteiger partial charge in [0.15, 0.2) is 0 Å². The Morgan fingerprint density at radius 1 is 1.48 bits per heavy atom. The van der Waals surface area contributed by atoms with Gasteiger partial charge in [-0.15, -0.1) is 11.3 Å². The zero-order valence-electron chi connectivity index (χ0n) is 14.4. The van der Waals surface area contributed by atoms with Gasteiger partial charge in [0.05, 0.1) is 16.0 Å². The van der Waals surface area contributed by atoms with Crippen molar-refractivity contribution >= 4 is 17.2 Å². The van der Waals surface area contributed by atoms with Crippen molar-refractivity contribution in [3.8, 4) is 10.4 Å². The Bertz CT molecular complexity index is 765. The molecule has 2 unspecified atom stereocenters. The summed E-state index contributed by atoms with van der Waals surface area (Å²) in [5, 5.41) is 0.771. The fraction of sp³-hybridized carbons (Fsp3) is 0.444. The summed E-state index contributed by atoms with van der Waals surface area (Å²) in [7, 11) is 1.65. The molecule has 1 fully saturated rings. The van der Waals surface area contributed by atoms with Crippen LogP contribution >= 0.6 is 11.3 Å². The number of benzene rings is 1. The Labute approximate surface area is 150 Å². The maximum absolute atomic E-state index is 13.6. The number of piperidine rings is 1. The molecular weight excluding hydrogens is 341 g/mol. The number of carbonyl (C=O) groups is 1. The minimum absolute atomic E-state index is 0.00380. The molecule has 0 bridgehead atoms. The lowest BCUT2D eigenvalue weighted by Crippen LogP contribution is -2.52. The van der Waals surface area contributed by atoms with Crippen LogP contribution in [0.5, 0.6) is 0 Å². The highest BCUT2D eigenvalue weighted by atomic mass is 32.1. The third kappa shape index (κ3) is 3.73. The monoisotopic (exact) mass is 363 g/mol. The summed E-state index contributed by atoms with van der Waals surface area (Å²) in [6.45, 7) is 2.75. The van der Waals surface area contributed by atoms with E-state index in [0.29, 0.717) is 29.2 Å². The van der Waals surface area contributed by atoms with Gasteiger partial charge in [0.1, 0.15) is 11.5 Å². The van der Waals surface area contributed by atoms with Gasteiger partial charge in [0.25, 0.3) is 5.91 Å². The van der Waals surface area contributed by atoms with Crippen molar-refractivity contribution in [2.45, 2.75) is 31.9 Å². The number of carbonyl (C=O) groups excluding carboxylic acids is 1.